The third-order valence-corrected chi connectivity index (χ3v) is 5.89. The Morgan fingerprint density at radius 3 is 2.58 bits per heavy atom. The summed E-state index contributed by atoms with van der Waals surface area (Å²) in [6, 6.07) is 9.43. The van der Waals surface area contributed by atoms with E-state index in [9.17, 15) is 23.2 Å². The molecule has 2 rings (SSSR count). The SMILES string of the molecule is CC(NC(=O)Cc1ccccc1Cl)/C(C#N)=C\C(C)(C)C(C)N=C(N)Nc1ccnn1CC(F)(F)F. The van der Waals surface area contributed by atoms with Gasteiger partial charge < -0.3 is 16.4 Å². The molecule has 2 aromatic rings. The van der Waals surface area contributed by atoms with Crippen molar-refractivity contribution in [3.05, 3.63) is 58.8 Å². The first-order valence-electron chi connectivity index (χ1n) is 11.1. The van der Waals surface area contributed by atoms with Gasteiger partial charge in [0.05, 0.1) is 30.8 Å². The van der Waals surface area contributed by atoms with Crippen molar-refractivity contribution in [2.75, 3.05) is 5.32 Å². The molecule has 1 amide bonds. The van der Waals surface area contributed by atoms with Crippen LogP contribution in [0.3, 0.4) is 0 Å². The molecule has 2 atom stereocenters. The maximum Gasteiger partial charge on any atom is 0.408 e. The van der Waals surface area contributed by atoms with E-state index in [1.165, 1.54) is 12.3 Å². The van der Waals surface area contributed by atoms with E-state index in [0.29, 0.717) is 16.2 Å². The minimum atomic E-state index is -4.44. The summed E-state index contributed by atoms with van der Waals surface area (Å²) in [5, 5.41) is 19.3. The Labute approximate surface area is 213 Å². The van der Waals surface area contributed by atoms with Crippen molar-refractivity contribution >= 4 is 29.3 Å². The zero-order valence-corrected chi connectivity index (χ0v) is 21.2. The molecule has 2 unspecified atom stereocenters. The number of nitrogens with one attached hydrogen (secondary N) is 2. The zero-order valence-electron chi connectivity index (χ0n) is 20.4. The number of carbonyl (C=O) groups excluding carboxylic acids is 1. The number of rotatable bonds is 9. The third-order valence-electron chi connectivity index (χ3n) is 5.52. The van der Waals surface area contributed by atoms with E-state index in [1.807, 2.05) is 13.8 Å². The second-order valence-corrected chi connectivity index (χ2v) is 9.30. The summed E-state index contributed by atoms with van der Waals surface area (Å²) in [5.41, 5.74) is 6.24. The number of carbonyl (C=O) groups is 1. The van der Waals surface area contributed by atoms with Gasteiger partial charge in [-0.05, 0) is 25.5 Å². The fourth-order valence-electron chi connectivity index (χ4n) is 3.23. The van der Waals surface area contributed by atoms with Gasteiger partial charge in [-0.1, -0.05) is 49.7 Å². The fraction of sp³-hybridized carbons (Fsp3) is 0.417. The summed E-state index contributed by atoms with van der Waals surface area (Å²) < 4.78 is 38.9. The highest BCUT2D eigenvalue weighted by molar-refractivity contribution is 6.31. The molecule has 0 bridgehead atoms. The Kier molecular flexibility index (Phi) is 9.53. The molecule has 0 saturated carbocycles. The number of aliphatic imine (C=N–C) groups is 1. The predicted octanol–water partition coefficient (Wildman–Crippen LogP) is 4.44. The first kappa shape index (κ1) is 28.7. The summed E-state index contributed by atoms with van der Waals surface area (Å²) in [6.07, 6.45) is -1.46. The van der Waals surface area contributed by atoms with E-state index in [2.05, 4.69) is 26.8 Å². The second-order valence-electron chi connectivity index (χ2n) is 8.89. The molecule has 0 radical (unpaired) electrons. The first-order valence-corrected chi connectivity index (χ1v) is 11.4. The van der Waals surface area contributed by atoms with Crippen LogP contribution in [0.4, 0.5) is 19.0 Å². The topological polar surface area (TPSA) is 121 Å². The van der Waals surface area contributed by atoms with Crippen LogP contribution >= 0.6 is 11.6 Å². The van der Waals surface area contributed by atoms with Gasteiger partial charge in [0.1, 0.15) is 12.4 Å². The lowest BCUT2D eigenvalue weighted by Crippen LogP contribution is -2.36. The number of halogens is 4. The standard InChI is InChI=1S/C24H29ClF3N7O/c1-15(32-21(36)11-17-7-5-6-8-19(17)25)18(13-29)12-23(3,4)16(2)33-22(30)34-20-9-10-31-35(20)14-24(26,27)28/h5-10,12,15-16H,11,14H2,1-4H3,(H,32,36)(H3,30,33,34)/b18-12-. The highest BCUT2D eigenvalue weighted by Crippen LogP contribution is 2.28. The third kappa shape index (κ3) is 8.61. The number of anilines is 1. The van der Waals surface area contributed by atoms with Gasteiger partial charge in [-0.15, -0.1) is 0 Å². The van der Waals surface area contributed by atoms with Crippen molar-refractivity contribution in [1.29, 1.82) is 5.26 Å². The van der Waals surface area contributed by atoms with Gasteiger partial charge in [0, 0.05) is 22.1 Å². The monoisotopic (exact) mass is 523 g/mol. The number of nitrogens with two attached hydrogens (primary N) is 1. The van der Waals surface area contributed by atoms with Crippen LogP contribution in [-0.4, -0.2) is 39.9 Å². The second kappa shape index (κ2) is 11.9. The Hall–Kier alpha value is -3.52. The molecule has 0 aliphatic carbocycles. The Bertz CT molecular complexity index is 1160. The molecule has 12 heteroatoms. The number of alkyl halides is 3. The number of amides is 1. The van der Waals surface area contributed by atoms with Gasteiger partial charge in [-0.25, -0.2) is 9.67 Å². The molecular formula is C24H29ClF3N7O. The molecule has 194 valence electrons. The summed E-state index contributed by atoms with van der Waals surface area (Å²) in [4.78, 5) is 16.8. The minimum absolute atomic E-state index is 0.0432. The van der Waals surface area contributed by atoms with Crippen molar-refractivity contribution in [1.82, 2.24) is 15.1 Å². The highest BCUT2D eigenvalue weighted by Gasteiger charge is 2.30. The van der Waals surface area contributed by atoms with Gasteiger partial charge in [-0.2, -0.15) is 23.5 Å². The van der Waals surface area contributed by atoms with Crippen molar-refractivity contribution in [3.8, 4) is 6.07 Å². The number of hydrogen-bond acceptors (Lipinski definition) is 4. The molecule has 36 heavy (non-hydrogen) atoms. The zero-order chi connectivity index (χ0) is 27.1. The Balaban J connectivity index is 2.09. The molecule has 1 aromatic carbocycles. The van der Waals surface area contributed by atoms with Gasteiger partial charge in [0.15, 0.2) is 5.96 Å². The van der Waals surface area contributed by atoms with Crippen LogP contribution in [0.2, 0.25) is 5.02 Å². The quantitative estimate of drug-likeness (QED) is 0.255. The van der Waals surface area contributed by atoms with E-state index in [1.54, 1.807) is 44.2 Å². The van der Waals surface area contributed by atoms with Gasteiger partial charge in [-0.3, -0.25) is 4.79 Å². The molecule has 1 heterocycles. The summed E-state index contributed by atoms with van der Waals surface area (Å²) in [7, 11) is 0. The molecule has 8 nitrogen and oxygen atoms in total. The lowest BCUT2D eigenvalue weighted by atomic mass is 9.83. The number of guanidine groups is 1. The molecule has 0 aliphatic rings. The molecule has 0 aliphatic heterocycles. The molecule has 0 fully saturated rings. The van der Waals surface area contributed by atoms with Crippen LogP contribution in [0.15, 0.2) is 53.2 Å². The van der Waals surface area contributed by atoms with Crippen molar-refractivity contribution in [2.45, 2.75) is 58.9 Å². The molecule has 1 aromatic heterocycles. The fourth-order valence-corrected chi connectivity index (χ4v) is 3.44. The van der Waals surface area contributed by atoms with E-state index >= 15 is 0 Å². The average molecular weight is 524 g/mol. The van der Waals surface area contributed by atoms with E-state index in [0.717, 1.165) is 4.68 Å². The Morgan fingerprint density at radius 2 is 1.97 bits per heavy atom. The maximum atomic E-state index is 12.7. The largest absolute Gasteiger partial charge is 0.408 e. The number of aromatic nitrogens is 2. The van der Waals surface area contributed by atoms with Crippen molar-refractivity contribution < 1.29 is 18.0 Å². The van der Waals surface area contributed by atoms with E-state index in [4.69, 9.17) is 17.3 Å². The average Bonchev–Trinajstić information content (AvgIpc) is 3.17. The van der Waals surface area contributed by atoms with E-state index < -0.39 is 30.2 Å². The predicted molar refractivity (Wildman–Crippen MR) is 133 cm³/mol. The van der Waals surface area contributed by atoms with Gasteiger partial charge >= 0.3 is 6.18 Å². The summed E-state index contributed by atoms with van der Waals surface area (Å²) >= 11 is 6.11. The number of benzene rings is 1. The van der Waals surface area contributed by atoms with Crippen LogP contribution in [0, 0.1) is 16.7 Å². The number of nitriles is 1. The summed E-state index contributed by atoms with van der Waals surface area (Å²) in [6.45, 7) is 5.84. The van der Waals surface area contributed by atoms with Gasteiger partial charge in [0.25, 0.3) is 0 Å². The van der Waals surface area contributed by atoms with Crippen LogP contribution < -0.4 is 16.4 Å². The van der Waals surface area contributed by atoms with E-state index in [-0.39, 0.29) is 24.1 Å². The van der Waals surface area contributed by atoms with Crippen molar-refractivity contribution in [2.24, 2.45) is 16.1 Å². The normalized spacial score (nSPS) is 14.6. The Morgan fingerprint density at radius 1 is 1.31 bits per heavy atom. The van der Waals surface area contributed by atoms with Crippen LogP contribution in [0.1, 0.15) is 33.3 Å². The lowest BCUT2D eigenvalue weighted by molar-refractivity contribution is -0.142. The highest BCUT2D eigenvalue weighted by atomic mass is 35.5. The van der Waals surface area contributed by atoms with Crippen molar-refractivity contribution in [3.63, 3.8) is 0 Å². The van der Waals surface area contributed by atoms with Crippen LogP contribution in [-0.2, 0) is 17.8 Å². The van der Waals surface area contributed by atoms with Gasteiger partial charge in [0.2, 0.25) is 5.91 Å². The number of nitrogens with zero attached hydrogens (tertiary/aromatic N) is 4. The molecule has 0 spiro atoms. The molecular weight excluding hydrogens is 495 g/mol. The molecule has 4 N–H and O–H groups in total. The first-order chi connectivity index (χ1) is 16.7. The van der Waals surface area contributed by atoms with Crippen LogP contribution in [0.5, 0.6) is 0 Å². The smallest absolute Gasteiger partial charge is 0.370 e. The number of hydrogen-bond donors (Lipinski definition) is 3. The maximum absolute atomic E-state index is 12.7. The summed E-state index contributed by atoms with van der Waals surface area (Å²) in [5.74, 6) is -0.348. The van der Waals surface area contributed by atoms with Crippen LogP contribution in [0.25, 0.3) is 0 Å². The minimum Gasteiger partial charge on any atom is -0.370 e. The molecule has 0 saturated heterocycles. The lowest BCUT2D eigenvalue weighted by Gasteiger charge is -2.27.